The van der Waals surface area contributed by atoms with Crippen molar-refractivity contribution >= 4 is 5.97 Å². The largest absolute Gasteiger partial charge is 0.494 e. The Bertz CT molecular complexity index is 1070. The van der Waals surface area contributed by atoms with Gasteiger partial charge in [-0.05, 0) is 68.3 Å². The summed E-state index contributed by atoms with van der Waals surface area (Å²) in [5.41, 5.74) is 2.75. The highest BCUT2D eigenvalue weighted by atomic mass is 16.5. The van der Waals surface area contributed by atoms with Crippen LogP contribution in [0.25, 0.3) is 0 Å². The second kappa shape index (κ2) is 12.1. The zero-order valence-corrected chi connectivity index (χ0v) is 21.5. The molecule has 1 atom stereocenters. The normalized spacial score (nSPS) is 18.8. The van der Waals surface area contributed by atoms with E-state index in [0.29, 0.717) is 18.8 Å². The van der Waals surface area contributed by atoms with E-state index in [1.807, 2.05) is 55.6 Å². The number of carbonyl (C=O) groups is 1. The number of aliphatic carboxylic acids is 1. The smallest absolute Gasteiger partial charge is 0.335 e. The Kier molecular flexibility index (Phi) is 8.67. The predicted molar refractivity (Wildman–Crippen MR) is 141 cm³/mol. The Morgan fingerprint density at radius 1 is 1.00 bits per heavy atom. The molecule has 0 aliphatic carbocycles. The maximum atomic E-state index is 11.9. The molecule has 2 heterocycles. The lowest BCUT2D eigenvalue weighted by molar-refractivity contribution is -0.134. The molecule has 0 radical (unpaired) electrons. The van der Waals surface area contributed by atoms with Gasteiger partial charge in [-0.1, -0.05) is 24.3 Å². The fourth-order valence-electron chi connectivity index (χ4n) is 4.77. The van der Waals surface area contributed by atoms with Crippen molar-refractivity contribution in [3.8, 4) is 11.5 Å². The molecule has 1 N–H and O–H groups in total. The molecule has 1 saturated heterocycles. The van der Waals surface area contributed by atoms with Crippen LogP contribution in [0.15, 0.2) is 72.5 Å². The fourth-order valence-corrected chi connectivity index (χ4v) is 4.77. The first-order valence-corrected chi connectivity index (χ1v) is 12.7. The number of ether oxygens (including phenoxy) is 2. The third-order valence-corrected chi connectivity index (χ3v) is 6.64. The Hall–Kier alpha value is -3.29. The molecule has 192 valence electrons. The molecule has 0 bridgehead atoms. The van der Waals surface area contributed by atoms with Gasteiger partial charge in [-0.2, -0.15) is 0 Å². The van der Waals surface area contributed by atoms with Crippen LogP contribution in [-0.4, -0.2) is 70.8 Å². The summed E-state index contributed by atoms with van der Waals surface area (Å²) in [5.74, 6) is 0.882. The molecule has 0 saturated carbocycles. The highest BCUT2D eigenvalue weighted by Crippen LogP contribution is 2.25. The van der Waals surface area contributed by atoms with Gasteiger partial charge in [-0.25, -0.2) is 4.79 Å². The molecule has 2 aromatic rings. The number of allylic oxidation sites excluding steroid dienone is 2. The van der Waals surface area contributed by atoms with E-state index in [2.05, 4.69) is 40.7 Å². The highest BCUT2D eigenvalue weighted by Gasteiger charge is 2.35. The van der Waals surface area contributed by atoms with Gasteiger partial charge in [-0.15, -0.1) is 0 Å². The first kappa shape index (κ1) is 25.8. The number of carboxylic acid groups (broad SMARTS) is 1. The summed E-state index contributed by atoms with van der Waals surface area (Å²) in [7, 11) is 0. The van der Waals surface area contributed by atoms with Gasteiger partial charge >= 0.3 is 5.97 Å². The van der Waals surface area contributed by atoms with Crippen LogP contribution in [0.4, 0.5) is 0 Å². The molecule has 36 heavy (non-hydrogen) atoms. The van der Waals surface area contributed by atoms with Crippen molar-refractivity contribution < 1.29 is 19.4 Å². The number of rotatable bonds is 10. The van der Waals surface area contributed by atoms with Gasteiger partial charge in [0.2, 0.25) is 0 Å². The molecule has 7 heteroatoms. The molecule has 1 unspecified atom stereocenters. The standard InChI is InChI=1S/C29H37N3O4/c1-4-35-25-12-10-23(11-13-25)21-36-26-8-5-7-24(19-26)20-30-15-17-31(18-16-30)28-27(29(33)34)9-6-14-32(28)22(2)3/h5-14,19,22,28H,4,15-18,20-21H2,1-3H3,(H,33,34). The number of carboxylic acids is 1. The van der Waals surface area contributed by atoms with Crippen molar-refractivity contribution in [3.63, 3.8) is 0 Å². The Morgan fingerprint density at radius 2 is 1.75 bits per heavy atom. The summed E-state index contributed by atoms with van der Waals surface area (Å²) in [6.45, 7) is 11.6. The minimum absolute atomic E-state index is 0.220. The van der Waals surface area contributed by atoms with Gasteiger partial charge in [-0.3, -0.25) is 9.80 Å². The second-order valence-electron chi connectivity index (χ2n) is 9.51. The van der Waals surface area contributed by atoms with Crippen LogP contribution in [0.2, 0.25) is 0 Å². The Morgan fingerprint density at radius 3 is 2.42 bits per heavy atom. The number of nitrogens with zero attached hydrogens (tertiary/aromatic N) is 3. The van der Waals surface area contributed by atoms with E-state index in [0.717, 1.165) is 49.8 Å². The van der Waals surface area contributed by atoms with Crippen LogP contribution in [0, 0.1) is 0 Å². The van der Waals surface area contributed by atoms with Crippen molar-refractivity contribution in [2.45, 2.75) is 46.1 Å². The van der Waals surface area contributed by atoms with E-state index < -0.39 is 5.97 Å². The SMILES string of the molecule is CCOc1ccc(COc2cccc(CN3CCN(C4C(C(=O)O)=CC=CN4C(C)C)CC3)c2)cc1. The topological polar surface area (TPSA) is 65.5 Å². The average molecular weight is 492 g/mol. The maximum Gasteiger partial charge on any atom is 0.335 e. The van der Waals surface area contributed by atoms with Crippen molar-refractivity contribution in [1.82, 2.24) is 14.7 Å². The maximum absolute atomic E-state index is 11.9. The van der Waals surface area contributed by atoms with E-state index in [1.165, 1.54) is 5.56 Å². The summed E-state index contributed by atoms with van der Waals surface area (Å²) in [6.07, 6.45) is 5.35. The lowest BCUT2D eigenvalue weighted by atomic mass is 10.0. The molecular formula is C29H37N3O4. The molecule has 0 aromatic heterocycles. The van der Waals surface area contributed by atoms with Crippen molar-refractivity contribution in [2.24, 2.45) is 0 Å². The lowest BCUT2D eigenvalue weighted by Gasteiger charge is -2.46. The van der Waals surface area contributed by atoms with Crippen LogP contribution >= 0.6 is 0 Å². The van der Waals surface area contributed by atoms with Gasteiger partial charge in [0, 0.05) is 45.0 Å². The van der Waals surface area contributed by atoms with E-state index in [1.54, 1.807) is 6.08 Å². The minimum Gasteiger partial charge on any atom is -0.494 e. The summed E-state index contributed by atoms with van der Waals surface area (Å²) in [4.78, 5) is 18.8. The molecule has 0 amide bonds. The van der Waals surface area contributed by atoms with Gasteiger partial charge in [0.05, 0.1) is 12.2 Å². The van der Waals surface area contributed by atoms with E-state index in [4.69, 9.17) is 9.47 Å². The molecule has 7 nitrogen and oxygen atoms in total. The molecular weight excluding hydrogens is 454 g/mol. The van der Waals surface area contributed by atoms with Crippen LogP contribution in [0.5, 0.6) is 11.5 Å². The lowest BCUT2D eigenvalue weighted by Crippen LogP contribution is -2.57. The van der Waals surface area contributed by atoms with Crippen LogP contribution < -0.4 is 9.47 Å². The zero-order chi connectivity index (χ0) is 25.5. The number of benzene rings is 2. The summed E-state index contributed by atoms with van der Waals surface area (Å²) in [5, 5.41) is 9.78. The predicted octanol–water partition coefficient (Wildman–Crippen LogP) is 4.36. The highest BCUT2D eigenvalue weighted by molar-refractivity contribution is 5.88. The quantitative estimate of drug-likeness (QED) is 0.530. The Labute approximate surface area is 214 Å². The molecule has 4 rings (SSSR count). The monoisotopic (exact) mass is 491 g/mol. The Balaban J connectivity index is 1.31. The van der Waals surface area contributed by atoms with Crippen molar-refractivity contribution in [1.29, 1.82) is 0 Å². The first-order valence-electron chi connectivity index (χ1n) is 12.7. The van der Waals surface area contributed by atoms with Gasteiger partial charge in [0.1, 0.15) is 24.3 Å². The molecule has 0 spiro atoms. The summed E-state index contributed by atoms with van der Waals surface area (Å²) < 4.78 is 11.5. The molecule has 2 aliphatic rings. The van der Waals surface area contributed by atoms with Crippen LogP contribution in [-0.2, 0) is 17.9 Å². The number of piperazine rings is 1. The van der Waals surface area contributed by atoms with Crippen molar-refractivity contribution in [2.75, 3.05) is 32.8 Å². The number of hydrogen-bond acceptors (Lipinski definition) is 6. The second-order valence-corrected chi connectivity index (χ2v) is 9.51. The molecule has 1 fully saturated rings. The van der Waals surface area contributed by atoms with Crippen LogP contribution in [0.3, 0.4) is 0 Å². The third-order valence-electron chi connectivity index (χ3n) is 6.64. The summed E-state index contributed by atoms with van der Waals surface area (Å²) in [6, 6.07) is 16.5. The molecule has 2 aromatic carbocycles. The fraction of sp³-hybridized carbons (Fsp3) is 0.414. The van der Waals surface area contributed by atoms with E-state index in [9.17, 15) is 9.90 Å². The first-order chi connectivity index (χ1) is 17.4. The van der Waals surface area contributed by atoms with Gasteiger partial charge in [0.25, 0.3) is 0 Å². The van der Waals surface area contributed by atoms with Gasteiger partial charge < -0.3 is 19.5 Å². The zero-order valence-electron chi connectivity index (χ0n) is 21.5. The molecule has 2 aliphatic heterocycles. The van der Waals surface area contributed by atoms with E-state index >= 15 is 0 Å². The summed E-state index contributed by atoms with van der Waals surface area (Å²) >= 11 is 0. The van der Waals surface area contributed by atoms with Crippen LogP contribution in [0.1, 0.15) is 31.9 Å². The van der Waals surface area contributed by atoms with Gasteiger partial charge in [0.15, 0.2) is 0 Å². The van der Waals surface area contributed by atoms with Crippen molar-refractivity contribution in [3.05, 3.63) is 83.6 Å². The minimum atomic E-state index is -0.848. The third kappa shape index (κ3) is 6.47. The number of hydrogen-bond donors (Lipinski definition) is 1. The van der Waals surface area contributed by atoms with E-state index in [-0.39, 0.29) is 12.2 Å². The average Bonchev–Trinajstić information content (AvgIpc) is 2.88.